The van der Waals surface area contributed by atoms with Gasteiger partial charge >= 0.3 is 0 Å². The summed E-state index contributed by atoms with van der Waals surface area (Å²) in [5.41, 5.74) is 1.97. The molecular formula is C15H21N3O2. The molecule has 1 aromatic carbocycles. The maximum atomic E-state index is 12.1. The highest BCUT2D eigenvalue weighted by atomic mass is 16.5. The molecule has 5 nitrogen and oxygen atoms in total. The highest BCUT2D eigenvalue weighted by molar-refractivity contribution is 5.96. The number of anilines is 2. The van der Waals surface area contributed by atoms with Crippen molar-refractivity contribution in [1.82, 2.24) is 5.32 Å². The molecule has 0 spiro atoms. The second-order valence-corrected chi connectivity index (χ2v) is 5.45. The Labute approximate surface area is 119 Å². The van der Waals surface area contributed by atoms with E-state index in [1.165, 1.54) is 0 Å². The smallest absolute Gasteiger partial charge is 0.230 e. The Morgan fingerprint density at radius 3 is 2.70 bits per heavy atom. The number of hydrogen-bond donors (Lipinski definition) is 1. The summed E-state index contributed by atoms with van der Waals surface area (Å²) in [6.07, 6.45) is 0.335. The van der Waals surface area contributed by atoms with Gasteiger partial charge in [0.15, 0.2) is 5.75 Å². The second kappa shape index (κ2) is 5.32. The molecule has 0 aromatic heterocycles. The van der Waals surface area contributed by atoms with Gasteiger partial charge in [0, 0.05) is 33.2 Å². The Morgan fingerprint density at radius 2 is 1.95 bits per heavy atom. The number of amides is 1. The van der Waals surface area contributed by atoms with Gasteiger partial charge in [0.2, 0.25) is 5.91 Å². The molecule has 2 heterocycles. The van der Waals surface area contributed by atoms with Gasteiger partial charge in [0.1, 0.15) is 6.10 Å². The predicted octanol–water partition coefficient (Wildman–Crippen LogP) is 1.23. The van der Waals surface area contributed by atoms with Crippen LogP contribution in [0.3, 0.4) is 0 Å². The Hall–Kier alpha value is -1.75. The van der Waals surface area contributed by atoms with Crippen LogP contribution in [0.1, 0.15) is 13.3 Å². The molecule has 1 aromatic rings. The van der Waals surface area contributed by atoms with Crippen LogP contribution in [0, 0.1) is 0 Å². The Kier molecular flexibility index (Phi) is 3.53. The molecule has 108 valence electrons. The highest BCUT2D eigenvalue weighted by Gasteiger charge is 2.27. The monoisotopic (exact) mass is 275 g/mol. The molecule has 5 heteroatoms. The van der Waals surface area contributed by atoms with Crippen LogP contribution in [0.25, 0.3) is 0 Å². The number of nitrogens with one attached hydrogen (secondary N) is 1. The standard InChI is InChI=1S/C15H21N3O2/c1-11-10-14(19)17(2)12-4-3-5-13(15(12)20-11)18-8-6-16-7-9-18/h3-5,11,16H,6-10H2,1-2H3. The van der Waals surface area contributed by atoms with Crippen LogP contribution < -0.4 is 19.9 Å². The van der Waals surface area contributed by atoms with Gasteiger partial charge in [-0.15, -0.1) is 0 Å². The van der Waals surface area contributed by atoms with Crippen LogP contribution >= 0.6 is 0 Å². The van der Waals surface area contributed by atoms with E-state index in [4.69, 9.17) is 4.74 Å². The fourth-order valence-corrected chi connectivity index (χ4v) is 2.81. The van der Waals surface area contributed by atoms with Crippen LogP contribution in [-0.4, -0.2) is 45.2 Å². The quantitative estimate of drug-likeness (QED) is 0.837. The maximum absolute atomic E-state index is 12.1. The fourth-order valence-electron chi connectivity index (χ4n) is 2.81. The van der Waals surface area contributed by atoms with Gasteiger partial charge in [-0.1, -0.05) is 6.07 Å². The number of piperazine rings is 1. The molecule has 0 aliphatic carbocycles. The summed E-state index contributed by atoms with van der Waals surface area (Å²) in [4.78, 5) is 16.1. The van der Waals surface area contributed by atoms with E-state index in [1.54, 1.807) is 4.90 Å². The predicted molar refractivity (Wildman–Crippen MR) is 79.6 cm³/mol. The SMILES string of the molecule is CC1CC(=O)N(C)c2cccc(N3CCNCC3)c2O1. The van der Waals surface area contributed by atoms with Gasteiger partial charge in [0.25, 0.3) is 0 Å². The largest absolute Gasteiger partial charge is 0.486 e. The highest BCUT2D eigenvalue weighted by Crippen LogP contribution is 2.40. The number of benzene rings is 1. The third-order valence-corrected chi connectivity index (χ3v) is 3.95. The number of ether oxygens (including phenoxy) is 1. The van der Waals surface area contributed by atoms with E-state index in [9.17, 15) is 4.79 Å². The zero-order valence-corrected chi connectivity index (χ0v) is 12.1. The molecule has 1 saturated heterocycles. The summed E-state index contributed by atoms with van der Waals surface area (Å²) < 4.78 is 6.06. The van der Waals surface area contributed by atoms with E-state index in [2.05, 4.69) is 16.3 Å². The molecule has 1 atom stereocenters. The van der Waals surface area contributed by atoms with Gasteiger partial charge in [-0.2, -0.15) is 0 Å². The molecule has 1 fully saturated rings. The van der Waals surface area contributed by atoms with Crippen molar-refractivity contribution in [2.24, 2.45) is 0 Å². The van der Waals surface area contributed by atoms with Crippen LogP contribution in [0.15, 0.2) is 18.2 Å². The molecule has 1 N–H and O–H groups in total. The van der Waals surface area contributed by atoms with Crippen molar-refractivity contribution in [2.45, 2.75) is 19.4 Å². The number of carbonyl (C=O) groups is 1. The van der Waals surface area contributed by atoms with Gasteiger partial charge in [-0.3, -0.25) is 4.79 Å². The summed E-state index contributed by atoms with van der Waals surface area (Å²) >= 11 is 0. The number of nitrogens with zero attached hydrogens (tertiary/aromatic N) is 2. The molecule has 3 rings (SSSR count). The molecule has 0 bridgehead atoms. The Morgan fingerprint density at radius 1 is 1.25 bits per heavy atom. The van der Waals surface area contributed by atoms with Crippen LogP contribution in [-0.2, 0) is 4.79 Å². The minimum absolute atomic E-state index is 0.0877. The molecule has 2 aliphatic rings. The first-order valence-electron chi connectivity index (χ1n) is 7.18. The Bertz CT molecular complexity index is 512. The average molecular weight is 275 g/mol. The number of fused-ring (bicyclic) bond motifs is 1. The normalized spacial score (nSPS) is 23.1. The third-order valence-electron chi connectivity index (χ3n) is 3.95. The van der Waals surface area contributed by atoms with Gasteiger partial charge < -0.3 is 19.9 Å². The summed E-state index contributed by atoms with van der Waals surface area (Å²) in [6, 6.07) is 6.04. The minimum Gasteiger partial charge on any atom is -0.486 e. The number of hydrogen-bond acceptors (Lipinski definition) is 4. The average Bonchev–Trinajstić information content (AvgIpc) is 2.57. The lowest BCUT2D eigenvalue weighted by Gasteiger charge is -2.32. The topological polar surface area (TPSA) is 44.8 Å². The van der Waals surface area contributed by atoms with E-state index < -0.39 is 0 Å². The number of para-hydroxylation sites is 1. The van der Waals surface area contributed by atoms with Crippen LogP contribution in [0.4, 0.5) is 11.4 Å². The van der Waals surface area contributed by atoms with Crippen molar-refractivity contribution in [2.75, 3.05) is 43.0 Å². The van der Waals surface area contributed by atoms with Gasteiger partial charge in [-0.05, 0) is 19.1 Å². The van der Waals surface area contributed by atoms with Crippen LogP contribution in [0.2, 0.25) is 0 Å². The van der Waals surface area contributed by atoms with Crippen LogP contribution in [0.5, 0.6) is 5.75 Å². The lowest BCUT2D eigenvalue weighted by Crippen LogP contribution is -2.43. The summed E-state index contributed by atoms with van der Waals surface area (Å²) in [6.45, 7) is 5.84. The first-order valence-corrected chi connectivity index (χ1v) is 7.18. The number of carbonyl (C=O) groups excluding carboxylic acids is 1. The van der Waals surface area contributed by atoms with Crippen molar-refractivity contribution in [1.29, 1.82) is 0 Å². The van der Waals surface area contributed by atoms with Crippen molar-refractivity contribution < 1.29 is 9.53 Å². The zero-order chi connectivity index (χ0) is 14.1. The second-order valence-electron chi connectivity index (χ2n) is 5.45. The molecule has 20 heavy (non-hydrogen) atoms. The van der Waals surface area contributed by atoms with E-state index >= 15 is 0 Å². The molecule has 2 aliphatic heterocycles. The zero-order valence-electron chi connectivity index (χ0n) is 12.1. The third kappa shape index (κ3) is 2.33. The molecule has 1 amide bonds. The summed E-state index contributed by atoms with van der Waals surface area (Å²) in [7, 11) is 1.82. The van der Waals surface area contributed by atoms with E-state index in [-0.39, 0.29) is 12.0 Å². The summed E-state index contributed by atoms with van der Waals surface area (Å²) in [5, 5.41) is 3.35. The molecule has 0 radical (unpaired) electrons. The van der Waals surface area contributed by atoms with Crippen molar-refractivity contribution >= 4 is 17.3 Å². The molecular weight excluding hydrogens is 254 g/mol. The van der Waals surface area contributed by atoms with Gasteiger partial charge in [0.05, 0.1) is 17.8 Å². The van der Waals surface area contributed by atoms with E-state index in [1.807, 2.05) is 26.1 Å². The minimum atomic E-state index is -0.0877. The fraction of sp³-hybridized carbons (Fsp3) is 0.533. The van der Waals surface area contributed by atoms with Gasteiger partial charge in [-0.25, -0.2) is 0 Å². The summed E-state index contributed by atoms with van der Waals surface area (Å²) in [5.74, 6) is 0.948. The number of rotatable bonds is 1. The lowest BCUT2D eigenvalue weighted by atomic mass is 10.2. The van der Waals surface area contributed by atoms with Crippen molar-refractivity contribution in [3.8, 4) is 5.75 Å². The maximum Gasteiger partial charge on any atom is 0.230 e. The van der Waals surface area contributed by atoms with Crippen molar-refractivity contribution in [3.63, 3.8) is 0 Å². The lowest BCUT2D eigenvalue weighted by molar-refractivity contribution is -0.119. The molecule has 0 saturated carbocycles. The molecule has 1 unspecified atom stereocenters. The van der Waals surface area contributed by atoms with Crippen molar-refractivity contribution in [3.05, 3.63) is 18.2 Å². The first kappa shape index (κ1) is 13.2. The van der Waals surface area contributed by atoms with E-state index in [0.717, 1.165) is 43.3 Å². The first-order chi connectivity index (χ1) is 9.66. The Balaban J connectivity index is 2.02. The van der Waals surface area contributed by atoms with E-state index in [0.29, 0.717) is 6.42 Å².